The van der Waals surface area contributed by atoms with E-state index in [1.807, 2.05) is 11.9 Å². The van der Waals surface area contributed by atoms with E-state index in [2.05, 4.69) is 18.7 Å². The van der Waals surface area contributed by atoms with Gasteiger partial charge in [-0.05, 0) is 13.5 Å². The smallest absolute Gasteiger partial charge is 0.236 e. The third-order valence-electron chi connectivity index (χ3n) is 2.38. The second kappa shape index (κ2) is 3.22. The quantitative estimate of drug-likeness (QED) is 0.540. The predicted molar refractivity (Wildman–Crippen MR) is 44.3 cm³/mol. The lowest BCUT2D eigenvalue weighted by Crippen LogP contribution is -2.53. The van der Waals surface area contributed by atoms with E-state index in [0.29, 0.717) is 12.6 Å². The van der Waals surface area contributed by atoms with Crippen LogP contribution in [0.2, 0.25) is 0 Å². The Morgan fingerprint density at radius 1 is 1.64 bits per heavy atom. The van der Waals surface area contributed by atoms with Gasteiger partial charge in [-0.2, -0.15) is 0 Å². The summed E-state index contributed by atoms with van der Waals surface area (Å²) < 4.78 is 0. The summed E-state index contributed by atoms with van der Waals surface area (Å²) in [6.07, 6.45) is 0. The van der Waals surface area contributed by atoms with E-state index < -0.39 is 0 Å². The summed E-state index contributed by atoms with van der Waals surface area (Å²) in [4.78, 5) is 15.3. The number of nitrogens with zero attached hydrogens (tertiary/aromatic N) is 2. The number of carbonyl (C=O) groups excluding carboxylic acids is 1. The van der Waals surface area contributed by atoms with Crippen LogP contribution in [-0.2, 0) is 4.79 Å². The molecule has 11 heavy (non-hydrogen) atoms. The summed E-state index contributed by atoms with van der Waals surface area (Å²) in [5.41, 5.74) is 0. The Labute approximate surface area is 68.0 Å². The first-order chi connectivity index (χ1) is 5.15. The number of piperazine rings is 1. The molecule has 1 rings (SSSR count). The van der Waals surface area contributed by atoms with Crippen molar-refractivity contribution >= 4 is 5.91 Å². The average molecular weight is 156 g/mol. The highest BCUT2D eigenvalue weighted by molar-refractivity contribution is 5.79. The van der Waals surface area contributed by atoms with E-state index in [9.17, 15) is 4.79 Å². The molecule has 0 saturated carbocycles. The molecule has 64 valence electrons. The van der Waals surface area contributed by atoms with Crippen LogP contribution in [0.3, 0.4) is 0 Å². The Balaban J connectivity index is 2.54. The standard InChI is InChI=1S/C8H16N2O/c1-4-10-5-7(2)9(3)8(11)6-10/h7H,4-6H2,1-3H3. The van der Waals surface area contributed by atoms with Crippen LogP contribution >= 0.6 is 0 Å². The normalized spacial score (nSPS) is 27.7. The van der Waals surface area contributed by atoms with Crippen LogP contribution in [0.25, 0.3) is 0 Å². The van der Waals surface area contributed by atoms with Crippen molar-refractivity contribution in [2.75, 3.05) is 26.7 Å². The first kappa shape index (κ1) is 8.53. The van der Waals surface area contributed by atoms with Crippen molar-refractivity contribution in [2.24, 2.45) is 0 Å². The Bertz CT molecular complexity index is 158. The average Bonchev–Trinajstić information content (AvgIpc) is 1.99. The van der Waals surface area contributed by atoms with Gasteiger partial charge in [0.05, 0.1) is 6.54 Å². The molecule has 1 amide bonds. The van der Waals surface area contributed by atoms with Gasteiger partial charge < -0.3 is 4.90 Å². The number of carbonyl (C=O) groups is 1. The molecule has 1 fully saturated rings. The van der Waals surface area contributed by atoms with Gasteiger partial charge in [-0.1, -0.05) is 6.92 Å². The maximum Gasteiger partial charge on any atom is 0.236 e. The molecule has 0 N–H and O–H groups in total. The van der Waals surface area contributed by atoms with Crippen LogP contribution in [0, 0.1) is 0 Å². The lowest BCUT2D eigenvalue weighted by Gasteiger charge is -2.36. The van der Waals surface area contributed by atoms with Crippen LogP contribution in [0.1, 0.15) is 13.8 Å². The molecule has 1 heterocycles. The fourth-order valence-electron chi connectivity index (χ4n) is 1.35. The van der Waals surface area contributed by atoms with Crippen LogP contribution in [0.15, 0.2) is 0 Å². The molecule has 0 aromatic rings. The second-order valence-electron chi connectivity index (χ2n) is 3.18. The molecule has 1 saturated heterocycles. The van der Waals surface area contributed by atoms with Crippen LogP contribution in [0.5, 0.6) is 0 Å². The Kier molecular flexibility index (Phi) is 2.49. The van der Waals surface area contributed by atoms with E-state index in [0.717, 1.165) is 13.1 Å². The summed E-state index contributed by atoms with van der Waals surface area (Å²) >= 11 is 0. The van der Waals surface area contributed by atoms with Gasteiger partial charge in [0.25, 0.3) is 0 Å². The van der Waals surface area contributed by atoms with E-state index in [1.54, 1.807) is 0 Å². The third-order valence-corrected chi connectivity index (χ3v) is 2.38. The lowest BCUT2D eigenvalue weighted by molar-refractivity contribution is -0.137. The van der Waals surface area contributed by atoms with Crippen molar-refractivity contribution in [3.8, 4) is 0 Å². The van der Waals surface area contributed by atoms with Crippen molar-refractivity contribution in [3.63, 3.8) is 0 Å². The van der Waals surface area contributed by atoms with E-state index >= 15 is 0 Å². The minimum Gasteiger partial charge on any atom is -0.341 e. The van der Waals surface area contributed by atoms with Gasteiger partial charge in [0, 0.05) is 19.6 Å². The number of likely N-dealkylation sites (N-methyl/N-ethyl adjacent to an activating group) is 2. The van der Waals surface area contributed by atoms with Gasteiger partial charge in [-0.25, -0.2) is 0 Å². The minimum absolute atomic E-state index is 0.241. The Morgan fingerprint density at radius 2 is 2.27 bits per heavy atom. The molecule has 1 unspecified atom stereocenters. The highest BCUT2D eigenvalue weighted by atomic mass is 16.2. The fourth-order valence-corrected chi connectivity index (χ4v) is 1.35. The zero-order valence-electron chi connectivity index (χ0n) is 7.50. The molecule has 3 heteroatoms. The zero-order chi connectivity index (χ0) is 8.43. The van der Waals surface area contributed by atoms with Crippen LogP contribution in [0.4, 0.5) is 0 Å². The van der Waals surface area contributed by atoms with Gasteiger partial charge in [0.15, 0.2) is 0 Å². The highest BCUT2D eigenvalue weighted by Crippen LogP contribution is 2.06. The monoisotopic (exact) mass is 156 g/mol. The molecule has 0 radical (unpaired) electrons. The zero-order valence-corrected chi connectivity index (χ0v) is 7.50. The molecule has 0 aromatic heterocycles. The predicted octanol–water partition coefficient (Wildman–Crippen LogP) is 0.169. The SMILES string of the molecule is CCN1CC(=O)N(C)C(C)C1. The second-order valence-corrected chi connectivity index (χ2v) is 3.18. The first-order valence-corrected chi connectivity index (χ1v) is 4.13. The number of rotatable bonds is 1. The molecule has 0 aromatic carbocycles. The van der Waals surface area contributed by atoms with E-state index in [-0.39, 0.29) is 5.91 Å². The Morgan fingerprint density at radius 3 is 2.73 bits per heavy atom. The summed E-state index contributed by atoms with van der Waals surface area (Å²) in [6, 6.07) is 0.371. The molecule has 1 aliphatic rings. The van der Waals surface area contributed by atoms with Gasteiger partial charge >= 0.3 is 0 Å². The summed E-state index contributed by atoms with van der Waals surface area (Å²) in [7, 11) is 1.88. The minimum atomic E-state index is 0.241. The molecular formula is C8H16N2O. The van der Waals surface area contributed by atoms with Crippen LogP contribution < -0.4 is 0 Å². The van der Waals surface area contributed by atoms with Gasteiger partial charge in [-0.15, -0.1) is 0 Å². The largest absolute Gasteiger partial charge is 0.341 e. The van der Waals surface area contributed by atoms with Gasteiger partial charge in [0.2, 0.25) is 5.91 Å². The molecular weight excluding hydrogens is 140 g/mol. The molecule has 1 aliphatic heterocycles. The molecule has 1 atom stereocenters. The summed E-state index contributed by atoms with van der Waals surface area (Å²) in [6.45, 7) is 6.75. The highest BCUT2D eigenvalue weighted by Gasteiger charge is 2.25. The topological polar surface area (TPSA) is 23.6 Å². The number of amides is 1. The van der Waals surface area contributed by atoms with Crippen molar-refractivity contribution in [2.45, 2.75) is 19.9 Å². The van der Waals surface area contributed by atoms with Crippen molar-refractivity contribution in [1.29, 1.82) is 0 Å². The molecule has 0 spiro atoms. The summed E-state index contributed by atoms with van der Waals surface area (Å²) in [5.74, 6) is 0.241. The van der Waals surface area contributed by atoms with E-state index in [4.69, 9.17) is 0 Å². The van der Waals surface area contributed by atoms with Crippen molar-refractivity contribution in [3.05, 3.63) is 0 Å². The molecule has 0 bridgehead atoms. The third kappa shape index (κ3) is 1.71. The molecule has 3 nitrogen and oxygen atoms in total. The maximum absolute atomic E-state index is 11.3. The van der Waals surface area contributed by atoms with Crippen molar-refractivity contribution in [1.82, 2.24) is 9.80 Å². The van der Waals surface area contributed by atoms with Gasteiger partial charge in [0.1, 0.15) is 0 Å². The first-order valence-electron chi connectivity index (χ1n) is 4.13. The summed E-state index contributed by atoms with van der Waals surface area (Å²) in [5, 5.41) is 0. The van der Waals surface area contributed by atoms with Gasteiger partial charge in [-0.3, -0.25) is 9.69 Å². The van der Waals surface area contributed by atoms with Crippen molar-refractivity contribution < 1.29 is 4.79 Å². The fraction of sp³-hybridized carbons (Fsp3) is 0.875. The number of hydrogen-bond acceptors (Lipinski definition) is 2. The number of hydrogen-bond donors (Lipinski definition) is 0. The van der Waals surface area contributed by atoms with E-state index in [1.165, 1.54) is 0 Å². The lowest BCUT2D eigenvalue weighted by atomic mass is 10.2. The van der Waals surface area contributed by atoms with Crippen LogP contribution in [-0.4, -0.2) is 48.4 Å². The maximum atomic E-state index is 11.3. The molecule has 0 aliphatic carbocycles. The Hall–Kier alpha value is -0.570.